The zero-order valence-electron chi connectivity index (χ0n) is 8.18. The van der Waals surface area contributed by atoms with E-state index in [1.165, 1.54) is 18.2 Å². The van der Waals surface area contributed by atoms with Crippen molar-refractivity contribution in [2.24, 2.45) is 0 Å². The van der Waals surface area contributed by atoms with Crippen molar-refractivity contribution < 1.29 is 8.78 Å². The molecule has 0 saturated carbocycles. The van der Waals surface area contributed by atoms with E-state index < -0.39 is 0 Å². The zero-order valence-corrected chi connectivity index (χ0v) is 10.3. The van der Waals surface area contributed by atoms with Gasteiger partial charge in [-0.3, -0.25) is 0 Å². The molecule has 1 nitrogen and oxygen atoms in total. The maximum Gasteiger partial charge on any atom is 0.147 e. The van der Waals surface area contributed by atoms with Crippen LogP contribution in [0.1, 0.15) is 0 Å². The van der Waals surface area contributed by atoms with Crippen molar-refractivity contribution in [2.45, 2.75) is 0 Å². The first-order valence-corrected chi connectivity index (χ1v) is 5.71. The monoisotopic (exact) mass is 331 g/mol. The zero-order chi connectivity index (χ0) is 11.5. The second-order valence-corrected chi connectivity index (χ2v) is 4.51. The summed E-state index contributed by atoms with van der Waals surface area (Å²) >= 11 is 2.03. The highest BCUT2D eigenvalue weighted by Crippen LogP contribution is 2.21. The maximum absolute atomic E-state index is 13.5. The van der Waals surface area contributed by atoms with Gasteiger partial charge < -0.3 is 5.32 Å². The lowest BCUT2D eigenvalue weighted by atomic mass is 10.2. The SMILES string of the molecule is Fc1cccc(Nc2ccc(I)cc2F)c1. The Morgan fingerprint density at radius 2 is 1.81 bits per heavy atom. The van der Waals surface area contributed by atoms with Crippen molar-refractivity contribution in [3.63, 3.8) is 0 Å². The van der Waals surface area contributed by atoms with Gasteiger partial charge in [0.05, 0.1) is 5.69 Å². The smallest absolute Gasteiger partial charge is 0.147 e. The highest BCUT2D eigenvalue weighted by Gasteiger charge is 2.03. The minimum atomic E-state index is -0.351. The van der Waals surface area contributed by atoms with Crippen LogP contribution >= 0.6 is 22.6 Å². The molecule has 0 aromatic heterocycles. The molecule has 1 N–H and O–H groups in total. The molecule has 0 spiro atoms. The second kappa shape index (κ2) is 4.78. The Morgan fingerprint density at radius 1 is 1.00 bits per heavy atom. The molecular weight excluding hydrogens is 323 g/mol. The van der Waals surface area contributed by atoms with E-state index in [1.54, 1.807) is 24.3 Å². The van der Waals surface area contributed by atoms with Crippen LogP contribution in [0.15, 0.2) is 42.5 Å². The molecule has 2 aromatic carbocycles. The molecule has 2 rings (SSSR count). The van der Waals surface area contributed by atoms with Crippen LogP contribution in [0, 0.1) is 15.2 Å². The number of hydrogen-bond acceptors (Lipinski definition) is 1. The molecule has 0 unspecified atom stereocenters. The van der Waals surface area contributed by atoms with Gasteiger partial charge in [-0.1, -0.05) is 6.07 Å². The summed E-state index contributed by atoms with van der Waals surface area (Å²) in [5.41, 5.74) is 0.867. The summed E-state index contributed by atoms with van der Waals surface area (Å²) in [6.45, 7) is 0. The summed E-state index contributed by atoms with van der Waals surface area (Å²) in [6.07, 6.45) is 0. The number of anilines is 2. The van der Waals surface area contributed by atoms with Gasteiger partial charge in [-0.2, -0.15) is 0 Å². The molecule has 0 atom stereocenters. The quantitative estimate of drug-likeness (QED) is 0.809. The highest BCUT2D eigenvalue weighted by molar-refractivity contribution is 14.1. The molecule has 0 aliphatic heterocycles. The first-order chi connectivity index (χ1) is 7.65. The lowest BCUT2D eigenvalue weighted by Gasteiger charge is -2.07. The Morgan fingerprint density at radius 3 is 2.50 bits per heavy atom. The summed E-state index contributed by atoms with van der Waals surface area (Å²) in [5, 5.41) is 2.82. The molecule has 0 bridgehead atoms. The van der Waals surface area contributed by atoms with Gasteiger partial charge in [0.1, 0.15) is 11.6 Å². The predicted octanol–water partition coefficient (Wildman–Crippen LogP) is 4.31. The molecule has 82 valence electrons. The minimum absolute atomic E-state index is 0.339. The fraction of sp³-hybridized carbons (Fsp3) is 0. The molecule has 0 radical (unpaired) electrons. The van der Waals surface area contributed by atoms with Crippen LogP contribution in [0.3, 0.4) is 0 Å². The fourth-order valence-corrected chi connectivity index (χ4v) is 1.77. The number of rotatable bonds is 2. The van der Waals surface area contributed by atoms with E-state index in [0.717, 1.165) is 3.57 Å². The Hall–Kier alpha value is -1.17. The molecule has 0 saturated heterocycles. The number of hydrogen-bond donors (Lipinski definition) is 1. The highest BCUT2D eigenvalue weighted by atomic mass is 127. The summed E-state index contributed by atoms with van der Waals surface area (Å²) in [4.78, 5) is 0. The third-order valence-electron chi connectivity index (χ3n) is 2.03. The fourth-order valence-electron chi connectivity index (χ4n) is 1.31. The van der Waals surface area contributed by atoms with E-state index in [-0.39, 0.29) is 11.6 Å². The van der Waals surface area contributed by atoms with E-state index in [4.69, 9.17) is 0 Å². The third-order valence-corrected chi connectivity index (χ3v) is 2.71. The van der Waals surface area contributed by atoms with E-state index in [0.29, 0.717) is 11.4 Å². The summed E-state index contributed by atoms with van der Waals surface area (Å²) < 4.78 is 27.2. The van der Waals surface area contributed by atoms with Crippen molar-refractivity contribution in [3.05, 3.63) is 57.7 Å². The van der Waals surface area contributed by atoms with Crippen molar-refractivity contribution >= 4 is 34.0 Å². The topological polar surface area (TPSA) is 12.0 Å². The van der Waals surface area contributed by atoms with E-state index >= 15 is 0 Å². The molecule has 0 amide bonds. The van der Waals surface area contributed by atoms with Crippen LogP contribution in [-0.4, -0.2) is 0 Å². The first kappa shape index (κ1) is 11.3. The second-order valence-electron chi connectivity index (χ2n) is 3.26. The molecule has 16 heavy (non-hydrogen) atoms. The molecule has 0 aliphatic carbocycles. The normalized spacial score (nSPS) is 10.2. The van der Waals surface area contributed by atoms with Gasteiger partial charge in [-0.15, -0.1) is 0 Å². The average Bonchev–Trinajstić information content (AvgIpc) is 2.22. The van der Waals surface area contributed by atoms with Crippen molar-refractivity contribution in [2.75, 3.05) is 5.32 Å². The third kappa shape index (κ3) is 2.69. The molecule has 4 heteroatoms. The van der Waals surface area contributed by atoms with E-state index in [2.05, 4.69) is 5.32 Å². The lowest BCUT2D eigenvalue weighted by molar-refractivity contribution is 0.626. The number of nitrogens with one attached hydrogen (secondary N) is 1. The van der Waals surface area contributed by atoms with Gasteiger partial charge in [0.15, 0.2) is 0 Å². The van der Waals surface area contributed by atoms with Crippen LogP contribution < -0.4 is 5.32 Å². The minimum Gasteiger partial charge on any atom is -0.353 e. The number of benzene rings is 2. The largest absolute Gasteiger partial charge is 0.353 e. The van der Waals surface area contributed by atoms with Crippen LogP contribution in [0.5, 0.6) is 0 Å². The van der Waals surface area contributed by atoms with E-state index in [1.807, 2.05) is 22.6 Å². The molecule has 0 fully saturated rings. The van der Waals surface area contributed by atoms with E-state index in [9.17, 15) is 8.78 Å². The molecule has 2 aromatic rings. The van der Waals surface area contributed by atoms with Crippen LogP contribution in [-0.2, 0) is 0 Å². The molecule has 0 heterocycles. The summed E-state index contributed by atoms with van der Waals surface area (Å²) in [6, 6.07) is 10.7. The predicted molar refractivity (Wildman–Crippen MR) is 68.8 cm³/mol. The molecule has 0 aliphatic rings. The summed E-state index contributed by atoms with van der Waals surface area (Å²) in [5.74, 6) is -0.702. The van der Waals surface area contributed by atoms with Gasteiger partial charge in [0.2, 0.25) is 0 Å². The van der Waals surface area contributed by atoms with Crippen LogP contribution in [0.4, 0.5) is 20.2 Å². The first-order valence-electron chi connectivity index (χ1n) is 4.63. The van der Waals surface area contributed by atoms with Gasteiger partial charge in [-0.05, 0) is 59.0 Å². The van der Waals surface area contributed by atoms with Gasteiger partial charge >= 0.3 is 0 Å². The van der Waals surface area contributed by atoms with Crippen molar-refractivity contribution in [1.82, 2.24) is 0 Å². The Kier molecular flexibility index (Phi) is 3.38. The number of halogens is 3. The maximum atomic E-state index is 13.5. The lowest BCUT2D eigenvalue weighted by Crippen LogP contribution is -1.94. The van der Waals surface area contributed by atoms with Crippen molar-refractivity contribution in [1.29, 1.82) is 0 Å². The summed E-state index contributed by atoms with van der Waals surface area (Å²) in [7, 11) is 0. The van der Waals surface area contributed by atoms with Gasteiger partial charge in [0, 0.05) is 9.26 Å². The standard InChI is InChI=1S/C12H8F2IN/c13-8-2-1-3-10(6-8)16-12-5-4-9(15)7-11(12)14/h1-7,16H. The Balaban J connectivity index is 2.27. The Bertz CT molecular complexity index is 514. The molecular formula is C12H8F2IN. The average molecular weight is 331 g/mol. The van der Waals surface area contributed by atoms with Crippen LogP contribution in [0.25, 0.3) is 0 Å². The Labute approximate surface area is 106 Å². The van der Waals surface area contributed by atoms with Gasteiger partial charge in [0.25, 0.3) is 0 Å². The van der Waals surface area contributed by atoms with Crippen molar-refractivity contribution in [3.8, 4) is 0 Å². The van der Waals surface area contributed by atoms with Gasteiger partial charge in [-0.25, -0.2) is 8.78 Å². The van der Waals surface area contributed by atoms with Crippen LogP contribution in [0.2, 0.25) is 0 Å².